The fourth-order valence-electron chi connectivity index (χ4n) is 2.58. The predicted octanol–water partition coefficient (Wildman–Crippen LogP) is 4.47. The Labute approximate surface area is 146 Å². The molecule has 0 radical (unpaired) electrons. The number of rotatable bonds is 5. The van der Waals surface area contributed by atoms with Gasteiger partial charge in [0.2, 0.25) is 0 Å². The summed E-state index contributed by atoms with van der Waals surface area (Å²) in [5, 5.41) is 0.288. The molecule has 0 atom stereocenters. The average molecular weight is 344 g/mol. The quantitative estimate of drug-likeness (QED) is 0.751. The number of hydrogen-bond acceptors (Lipinski definition) is 4. The molecule has 1 heterocycles. The molecule has 0 N–H and O–H groups in total. The van der Waals surface area contributed by atoms with E-state index in [9.17, 15) is 4.79 Å². The van der Waals surface area contributed by atoms with Crippen molar-refractivity contribution in [2.24, 2.45) is 0 Å². The fraction of sp³-hybridized carbons (Fsp3) is 0.263. The van der Waals surface area contributed by atoms with Crippen LogP contribution in [0.3, 0.4) is 0 Å². The summed E-state index contributed by atoms with van der Waals surface area (Å²) < 4.78 is 10.9. The molecule has 1 aromatic carbocycles. The third-order valence-electron chi connectivity index (χ3n) is 3.97. The second kappa shape index (κ2) is 7.49. The van der Waals surface area contributed by atoms with E-state index in [2.05, 4.69) is 4.98 Å². The van der Waals surface area contributed by atoms with Crippen molar-refractivity contribution in [1.82, 2.24) is 4.98 Å². The van der Waals surface area contributed by atoms with E-state index in [0.717, 1.165) is 29.7 Å². The second-order valence-electron chi connectivity index (χ2n) is 5.57. The molecule has 0 saturated carbocycles. The van der Waals surface area contributed by atoms with Crippen molar-refractivity contribution in [3.05, 3.63) is 53.3 Å². The highest BCUT2D eigenvalue weighted by Gasteiger charge is 2.15. The first-order valence-corrected chi connectivity index (χ1v) is 8.20. The van der Waals surface area contributed by atoms with Crippen LogP contribution in [0.25, 0.3) is 11.1 Å². The molecule has 5 heteroatoms. The summed E-state index contributed by atoms with van der Waals surface area (Å²) in [6.45, 7) is 0.228. The van der Waals surface area contributed by atoms with Crippen LogP contribution in [0.15, 0.2) is 48.2 Å². The monoisotopic (exact) mass is 343 g/mol. The molecule has 0 amide bonds. The third-order valence-corrected chi connectivity index (χ3v) is 4.25. The number of carbonyl (C=O) groups is 1. The number of carbonyl (C=O) groups excluding carboxylic acids is 1. The van der Waals surface area contributed by atoms with E-state index in [-0.39, 0.29) is 17.5 Å². The number of hydrogen-bond donors (Lipinski definition) is 0. The Hall–Kier alpha value is -2.33. The van der Waals surface area contributed by atoms with Gasteiger partial charge in [0.15, 0.2) is 16.7 Å². The molecule has 3 rings (SSSR count). The Bertz CT molecular complexity index is 769. The third kappa shape index (κ3) is 3.77. The Kier molecular flexibility index (Phi) is 5.16. The van der Waals surface area contributed by atoms with Gasteiger partial charge in [0.05, 0.1) is 7.11 Å². The summed E-state index contributed by atoms with van der Waals surface area (Å²) in [5.41, 5.74) is 2.59. The highest BCUT2D eigenvalue weighted by Crippen LogP contribution is 2.30. The highest BCUT2D eigenvalue weighted by molar-refractivity contribution is 6.30. The van der Waals surface area contributed by atoms with Gasteiger partial charge in [-0.25, -0.2) is 4.98 Å². The first kappa shape index (κ1) is 16.5. The van der Waals surface area contributed by atoms with E-state index in [1.165, 1.54) is 0 Å². The largest absolute Gasteiger partial charge is 0.497 e. The number of ether oxygens (including phenoxy) is 2. The van der Waals surface area contributed by atoms with E-state index in [1.54, 1.807) is 13.3 Å². The highest BCUT2D eigenvalue weighted by atomic mass is 35.5. The van der Waals surface area contributed by atoms with Crippen molar-refractivity contribution in [3.63, 3.8) is 0 Å². The van der Waals surface area contributed by atoms with Gasteiger partial charge >= 0.3 is 0 Å². The lowest BCUT2D eigenvalue weighted by Gasteiger charge is -2.14. The number of aromatic nitrogens is 1. The Morgan fingerprint density at radius 1 is 1.21 bits per heavy atom. The van der Waals surface area contributed by atoms with Crippen LogP contribution in [-0.2, 0) is 4.79 Å². The smallest absolute Gasteiger partial charge is 0.171 e. The first-order valence-electron chi connectivity index (χ1n) is 7.82. The number of allylic oxidation sites excluding steroid dienone is 1. The summed E-state index contributed by atoms with van der Waals surface area (Å²) in [4.78, 5) is 16.0. The SMILES string of the molecule is COc1ccc(-c2cnc(Cl)c(OCC3=CCCCC3=O)c2)cc1. The molecule has 4 nitrogen and oxygen atoms in total. The van der Waals surface area contributed by atoms with E-state index in [0.29, 0.717) is 17.7 Å². The van der Waals surface area contributed by atoms with Gasteiger partial charge in [0.1, 0.15) is 12.4 Å². The van der Waals surface area contributed by atoms with Crippen molar-refractivity contribution >= 4 is 17.4 Å². The molecule has 1 aliphatic carbocycles. The summed E-state index contributed by atoms with van der Waals surface area (Å²) in [7, 11) is 1.63. The Balaban J connectivity index is 1.78. The topological polar surface area (TPSA) is 48.4 Å². The predicted molar refractivity (Wildman–Crippen MR) is 93.7 cm³/mol. The van der Waals surface area contributed by atoms with Crippen LogP contribution in [0, 0.1) is 0 Å². The molecule has 1 aromatic heterocycles. The Morgan fingerprint density at radius 3 is 2.71 bits per heavy atom. The van der Waals surface area contributed by atoms with Gasteiger partial charge < -0.3 is 9.47 Å². The van der Waals surface area contributed by atoms with Crippen LogP contribution < -0.4 is 9.47 Å². The van der Waals surface area contributed by atoms with Gasteiger partial charge in [0, 0.05) is 23.8 Å². The minimum absolute atomic E-state index is 0.150. The van der Waals surface area contributed by atoms with E-state index < -0.39 is 0 Å². The standard InChI is InChI=1S/C19H18ClNO3/c1-23-16-8-6-13(7-9-16)15-10-18(19(20)21-11-15)24-12-14-4-2-3-5-17(14)22/h4,6-11H,2-3,5,12H2,1H3. The number of halogens is 1. The van der Waals surface area contributed by atoms with Gasteiger partial charge in [-0.3, -0.25) is 4.79 Å². The maximum Gasteiger partial charge on any atom is 0.171 e. The Morgan fingerprint density at radius 2 is 2.00 bits per heavy atom. The minimum Gasteiger partial charge on any atom is -0.497 e. The van der Waals surface area contributed by atoms with Crippen molar-refractivity contribution in [2.45, 2.75) is 19.3 Å². The molecule has 1 aliphatic rings. The van der Waals surface area contributed by atoms with Gasteiger partial charge in [-0.05, 0) is 36.6 Å². The van der Waals surface area contributed by atoms with Gasteiger partial charge in [0.25, 0.3) is 0 Å². The molecule has 24 heavy (non-hydrogen) atoms. The van der Waals surface area contributed by atoms with E-state index >= 15 is 0 Å². The number of Topliss-reactive ketones (excluding diaryl/α,β-unsaturated/α-hetero) is 1. The van der Waals surface area contributed by atoms with Crippen molar-refractivity contribution < 1.29 is 14.3 Å². The molecule has 0 unspecified atom stereocenters. The normalized spacial score (nSPS) is 14.2. The number of pyridine rings is 1. The van der Waals surface area contributed by atoms with Crippen LogP contribution in [0.5, 0.6) is 11.5 Å². The maximum absolute atomic E-state index is 11.8. The van der Waals surface area contributed by atoms with Crippen LogP contribution in [-0.4, -0.2) is 24.5 Å². The molecular weight excluding hydrogens is 326 g/mol. The molecule has 0 saturated heterocycles. The van der Waals surface area contributed by atoms with Gasteiger partial charge in [-0.1, -0.05) is 29.8 Å². The summed E-state index contributed by atoms with van der Waals surface area (Å²) in [6, 6.07) is 9.50. The zero-order valence-electron chi connectivity index (χ0n) is 13.4. The van der Waals surface area contributed by atoms with Crippen LogP contribution in [0.2, 0.25) is 5.15 Å². The summed E-state index contributed by atoms with van der Waals surface area (Å²) in [6.07, 6.45) is 6.06. The van der Waals surface area contributed by atoms with Crippen molar-refractivity contribution in [3.8, 4) is 22.6 Å². The minimum atomic E-state index is 0.150. The van der Waals surface area contributed by atoms with Crippen LogP contribution in [0.4, 0.5) is 0 Å². The first-order chi connectivity index (χ1) is 11.7. The van der Waals surface area contributed by atoms with E-state index in [1.807, 2.05) is 36.4 Å². The summed E-state index contributed by atoms with van der Waals surface area (Å²) >= 11 is 6.12. The average Bonchev–Trinajstić information content (AvgIpc) is 2.62. The molecule has 0 spiro atoms. The lowest BCUT2D eigenvalue weighted by Crippen LogP contribution is -2.14. The van der Waals surface area contributed by atoms with Gasteiger partial charge in [-0.2, -0.15) is 0 Å². The molecule has 0 aliphatic heterocycles. The molecule has 0 bridgehead atoms. The van der Waals surface area contributed by atoms with Crippen molar-refractivity contribution in [1.29, 1.82) is 0 Å². The molecule has 124 valence electrons. The molecule has 2 aromatic rings. The second-order valence-corrected chi connectivity index (χ2v) is 5.93. The number of methoxy groups -OCH3 is 1. The van der Waals surface area contributed by atoms with Crippen LogP contribution in [0.1, 0.15) is 19.3 Å². The lowest BCUT2D eigenvalue weighted by atomic mass is 9.99. The van der Waals surface area contributed by atoms with Crippen LogP contribution >= 0.6 is 11.6 Å². The zero-order chi connectivity index (χ0) is 16.9. The van der Waals surface area contributed by atoms with Crippen molar-refractivity contribution in [2.75, 3.05) is 13.7 Å². The molecular formula is C19H18ClNO3. The van der Waals surface area contributed by atoms with E-state index in [4.69, 9.17) is 21.1 Å². The number of benzene rings is 1. The van der Waals surface area contributed by atoms with Gasteiger partial charge in [-0.15, -0.1) is 0 Å². The maximum atomic E-state index is 11.8. The molecule has 0 fully saturated rings. The lowest BCUT2D eigenvalue weighted by molar-refractivity contribution is -0.116. The zero-order valence-corrected chi connectivity index (χ0v) is 14.2. The fourth-order valence-corrected chi connectivity index (χ4v) is 2.74. The number of nitrogens with zero attached hydrogens (tertiary/aromatic N) is 1. The number of ketones is 1. The summed E-state index contributed by atoms with van der Waals surface area (Å²) in [5.74, 6) is 1.42.